The van der Waals surface area contributed by atoms with Crippen LogP contribution < -0.4 is 5.32 Å². The van der Waals surface area contributed by atoms with E-state index in [9.17, 15) is 0 Å². The zero-order valence-corrected chi connectivity index (χ0v) is 14.3. The van der Waals surface area contributed by atoms with Crippen LogP contribution in [-0.4, -0.2) is 7.05 Å². The Morgan fingerprint density at radius 3 is 2.48 bits per heavy atom. The summed E-state index contributed by atoms with van der Waals surface area (Å²) in [5.74, 6) is 0. The lowest BCUT2D eigenvalue weighted by atomic mass is 9.99. The van der Waals surface area contributed by atoms with Crippen LogP contribution >= 0.6 is 11.3 Å². The molecular formula is C19H29NS. The molecule has 0 amide bonds. The number of fused-ring (bicyclic) bond motifs is 1. The van der Waals surface area contributed by atoms with Crippen molar-refractivity contribution in [1.82, 2.24) is 5.32 Å². The van der Waals surface area contributed by atoms with Crippen molar-refractivity contribution in [2.24, 2.45) is 0 Å². The Kier molecular flexibility index (Phi) is 7.25. The molecule has 1 aromatic heterocycles. The maximum absolute atomic E-state index is 3.51. The van der Waals surface area contributed by atoms with Gasteiger partial charge in [0.1, 0.15) is 0 Å². The number of benzene rings is 1. The van der Waals surface area contributed by atoms with Gasteiger partial charge in [0, 0.05) is 10.7 Å². The predicted octanol–water partition coefficient (Wildman–Crippen LogP) is 6.30. The molecule has 0 radical (unpaired) electrons. The van der Waals surface area contributed by atoms with E-state index in [1.54, 1.807) is 0 Å². The average molecular weight is 304 g/mol. The van der Waals surface area contributed by atoms with Crippen LogP contribution in [0.2, 0.25) is 0 Å². The molecule has 0 saturated carbocycles. The Morgan fingerprint density at radius 2 is 1.71 bits per heavy atom. The fourth-order valence-corrected chi connectivity index (χ4v) is 4.04. The highest BCUT2D eigenvalue weighted by Gasteiger charge is 2.13. The van der Waals surface area contributed by atoms with Crippen LogP contribution in [-0.2, 0) is 0 Å². The van der Waals surface area contributed by atoms with Crippen molar-refractivity contribution in [3.8, 4) is 0 Å². The first-order valence-corrected chi connectivity index (χ1v) is 9.38. The van der Waals surface area contributed by atoms with E-state index >= 15 is 0 Å². The summed E-state index contributed by atoms with van der Waals surface area (Å²) in [6, 6.07) is 9.28. The van der Waals surface area contributed by atoms with Crippen molar-refractivity contribution in [1.29, 1.82) is 0 Å². The monoisotopic (exact) mass is 303 g/mol. The van der Waals surface area contributed by atoms with E-state index < -0.39 is 0 Å². The van der Waals surface area contributed by atoms with Gasteiger partial charge in [-0.2, -0.15) is 0 Å². The van der Waals surface area contributed by atoms with Crippen LogP contribution in [0.4, 0.5) is 0 Å². The van der Waals surface area contributed by atoms with Gasteiger partial charge in [0.2, 0.25) is 0 Å². The highest BCUT2D eigenvalue weighted by molar-refractivity contribution is 7.17. The molecule has 116 valence electrons. The Morgan fingerprint density at radius 1 is 1.00 bits per heavy atom. The van der Waals surface area contributed by atoms with Gasteiger partial charge in [0.15, 0.2) is 0 Å². The summed E-state index contributed by atoms with van der Waals surface area (Å²) in [5.41, 5.74) is 1.49. The smallest absolute Gasteiger partial charge is 0.0346 e. The van der Waals surface area contributed by atoms with Crippen molar-refractivity contribution < 1.29 is 0 Å². The van der Waals surface area contributed by atoms with E-state index in [1.807, 2.05) is 11.3 Å². The molecule has 0 spiro atoms. The molecule has 2 aromatic rings. The summed E-state index contributed by atoms with van der Waals surface area (Å²) < 4.78 is 1.41. The molecule has 1 nitrogen and oxygen atoms in total. The largest absolute Gasteiger partial charge is 0.313 e. The Hall–Kier alpha value is -0.860. The zero-order chi connectivity index (χ0) is 14.9. The summed E-state index contributed by atoms with van der Waals surface area (Å²) in [6.07, 6.45) is 10.9. The number of rotatable bonds is 10. The van der Waals surface area contributed by atoms with Gasteiger partial charge in [0.05, 0.1) is 0 Å². The molecule has 2 heteroatoms. The Labute approximate surface area is 133 Å². The number of thiophene rings is 1. The molecule has 2 rings (SSSR count). The van der Waals surface area contributed by atoms with Crippen molar-refractivity contribution in [3.63, 3.8) is 0 Å². The number of hydrogen-bond donors (Lipinski definition) is 1. The molecule has 1 atom stereocenters. The Balaban J connectivity index is 1.80. The quantitative estimate of drug-likeness (QED) is 0.508. The van der Waals surface area contributed by atoms with Gasteiger partial charge in [-0.3, -0.25) is 0 Å². The van der Waals surface area contributed by atoms with Crippen LogP contribution in [0.25, 0.3) is 10.1 Å². The number of hydrogen-bond acceptors (Lipinski definition) is 2. The second-order valence-electron chi connectivity index (χ2n) is 5.94. The van der Waals surface area contributed by atoms with Gasteiger partial charge in [-0.05, 0) is 35.9 Å². The molecule has 0 aliphatic carbocycles. The fourth-order valence-electron chi connectivity index (χ4n) is 3.03. The van der Waals surface area contributed by atoms with E-state index in [0.717, 1.165) is 0 Å². The normalized spacial score (nSPS) is 12.9. The van der Waals surface area contributed by atoms with Gasteiger partial charge in [-0.1, -0.05) is 70.1 Å². The molecule has 0 fully saturated rings. The molecule has 21 heavy (non-hydrogen) atoms. The van der Waals surface area contributed by atoms with E-state index in [-0.39, 0.29) is 0 Å². The van der Waals surface area contributed by atoms with Gasteiger partial charge >= 0.3 is 0 Å². The van der Waals surface area contributed by atoms with Crippen molar-refractivity contribution in [3.05, 3.63) is 35.2 Å². The van der Waals surface area contributed by atoms with E-state index in [2.05, 4.69) is 48.9 Å². The first kappa shape index (κ1) is 16.5. The first-order chi connectivity index (χ1) is 10.4. The summed E-state index contributed by atoms with van der Waals surface area (Å²) in [4.78, 5) is 0. The van der Waals surface area contributed by atoms with Gasteiger partial charge in [-0.15, -0.1) is 11.3 Å². The molecule has 1 aromatic carbocycles. The third-order valence-corrected chi connectivity index (χ3v) is 5.31. The molecule has 0 aliphatic heterocycles. The standard InChI is InChI=1S/C19H29NS/c1-3-4-5-6-7-8-9-13-18(20-2)17-15-21-19-14-11-10-12-16(17)19/h10-12,14-15,18,20H,3-9,13H2,1-2H3. The Bertz CT molecular complexity index is 517. The number of unbranched alkanes of at least 4 members (excludes halogenated alkanes) is 6. The number of nitrogens with one attached hydrogen (secondary N) is 1. The van der Waals surface area contributed by atoms with E-state index in [4.69, 9.17) is 0 Å². The zero-order valence-electron chi connectivity index (χ0n) is 13.5. The molecule has 1 N–H and O–H groups in total. The maximum atomic E-state index is 3.51. The third-order valence-electron chi connectivity index (χ3n) is 4.33. The summed E-state index contributed by atoms with van der Waals surface area (Å²) in [5, 5.41) is 7.29. The topological polar surface area (TPSA) is 12.0 Å². The van der Waals surface area contributed by atoms with Crippen molar-refractivity contribution in [2.75, 3.05) is 7.05 Å². The van der Waals surface area contributed by atoms with Crippen molar-refractivity contribution in [2.45, 2.75) is 64.3 Å². The lowest BCUT2D eigenvalue weighted by Crippen LogP contribution is -2.15. The fraction of sp³-hybridized carbons (Fsp3) is 0.579. The molecular weight excluding hydrogens is 274 g/mol. The lowest BCUT2D eigenvalue weighted by molar-refractivity contribution is 0.498. The predicted molar refractivity (Wildman–Crippen MR) is 96.2 cm³/mol. The van der Waals surface area contributed by atoms with Gasteiger partial charge in [0.25, 0.3) is 0 Å². The minimum absolute atomic E-state index is 0.511. The lowest BCUT2D eigenvalue weighted by Gasteiger charge is -2.15. The van der Waals surface area contributed by atoms with Crippen LogP contribution in [0.5, 0.6) is 0 Å². The first-order valence-electron chi connectivity index (χ1n) is 8.50. The van der Waals surface area contributed by atoms with Crippen LogP contribution in [0.15, 0.2) is 29.6 Å². The highest BCUT2D eigenvalue weighted by atomic mass is 32.1. The van der Waals surface area contributed by atoms with E-state index in [0.29, 0.717) is 6.04 Å². The molecule has 0 aliphatic rings. The SMILES string of the molecule is CCCCCCCCCC(NC)c1csc2ccccc12. The minimum atomic E-state index is 0.511. The summed E-state index contributed by atoms with van der Waals surface area (Å²) in [6.45, 7) is 2.28. The van der Waals surface area contributed by atoms with Crippen LogP contribution in [0, 0.1) is 0 Å². The van der Waals surface area contributed by atoms with Gasteiger partial charge in [-0.25, -0.2) is 0 Å². The van der Waals surface area contributed by atoms with Gasteiger partial charge < -0.3 is 5.32 Å². The average Bonchev–Trinajstić information content (AvgIpc) is 2.94. The molecule has 0 saturated heterocycles. The molecule has 1 unspecified atom stereocenters. The maximum Gasteiger partial charge on any atom is 0.0346 e. The minimum Gasteiger partial charge on any atom is -0.313 e. The van der Waals surface area contributed by atoms with Crippen molar-refractivity contribution >= 4 is 21.4 Å². The van der Waals surface area contributed by atoms with Crippen LogP contribution in [0.1, 0.15) is 69.9 Å². The second kappa shape index (κ2) is 9.22. The molecule has 1 heterocycles. The second-order valence-corrected chi connectivity index (χ2v) is 6.85. The molecule has 0 bridgehead atoms. The third kappa shape index (κ3) is 4.82. The van der Waals surface area contributed by atoms with E-state index in [1.165, 1.54) is 67.0 Å². The summed E-state index contributed by atoms with van der Waals surface area (Å²) in [7, 11) is 2.10. The highest BCUT2D eigenvalue weighted by Crippen LogP contribution is 2.32. The summed E-state index contributed by atoms with van der Waals surface area (Å²) >= 11 is 1.87. The van der Waals surface area contributed by atoms with Crippen LogP contribution in [0.3, 0.4) is 0 Å².